The summed E-state index contributed by atoms with van der Waals surface area (Å²) in [5.41, 5.74) is 0.937. The van der Waals surface area contributed by atoms with E-state index in [2.05, 4.69) is 5.32 Å². The lowest BCUT2D eigenvalue weighted by Crippen LogP contribution is -2.18. The van der Waals surface area contributed by atoms with E-state index < -0.39 is 5.82 Å². The highest BCUT2D eigenvalue weighted by atomic mass is 35.5. The van der Waals surface area contributed by atoms with E-state index >= 15 is 0 Å². The summed E-state index contributed by atoms with van der Waals surface area (Å²) >= 11 is 5.63. The first kappa shape index (κ1) is 12.4. The predicted octanol–water partition coefficient (Wildman–Crippen LogP) is 2.34. The van der Waals surface area contributed by atoms with E-state index in [1.54, 1.807) is 19.1 Å². The van der Waals surface area contributed by atoms with Gasteiger partial charge in [0, 0.05) is 6.54 Å². The molecule has 0 saturated heterocycles. The first-order chi connectivity index (χ1) is 7.09. The highest BCUT2D eigenvalue weighted by Gasteiger charge is 2.00. The van der Waals surface area contributed by atoms with Crippen molar-refractivity contribution in [3.63, 3.8) is 0 Å². The van der Waals surface area contributed by atoms with Crippen molar-refractivity contribution in [1.82, 2.24) is 5.32 Å². The third-order valence-electron chi connectivity index (χ3n) is 2.05. The Bertz CT molecular complexity index is 317. The van der Waals surface area contributed by atoms with Crippen LogP contribution in [0.2, 0.25) is 5.02 Å². The minimum Gasteiger partial charge on any atom is -0.393 e. The molecule has 0 fully saturated rings. The summed E-state index contributed by atoms with van der Waals surface area (Å²) in [7, 11) is 0. The van der Waals surface area contributed by atoms with E-state index in [9.17, 15) is 4.39 Å². The Morgan fingerprint density at radius 3 is 2.87 bits per heavy atom. The maximum absolute atomic E-state index is 12.8. The Labute approximate surface area is 94.1 Å². The summed E-state index contributed by atoms with van der Waals surface area (Å²) in [6, 6.07) is 4.65. The summed E-state index contributed by atoms with van der Waals surface area (Å²) in [4.78, 5) is 0. The van der Waals surface area contributed by atoms with Crippen LogP contribution in [0.25, 0.3) is 0 Å². The van der Waals surface area contributed by atoms with Gasteiger partial charge in [0.2, 0.25) is 0 Å². The molecule has 0 aliphatic rings. The van der Waals surface area contributed by atoms with Crippen LogP contribution in [0.1, 0.15) is 18.9 Å². The molecule has 4 heteroatoms. The van der Waals surface area contributed by atoms with Crippen molar-refractivity contribution < 1.29 is 9.50 Å². The number of hydrogen-bond donors (Lipinski definition) is 2. The zero-order valence-corrected chi connectivity index (χ0v) is 9.39. The second kappa shape index (κ2) is 6.05. The normalized spacial score (nSPS) is 12.8. The van der Waals surface area contributed by atoms with Gasteiger partial charge < -0.3 is 10.4 Å². The molecule has 0 heterocycles. The van der Waals surface area contributed by atoms with Crippen molar-refractivity contribution in [1.29, 1.82) is 0 Å². The lowest BCUT2D eigenvalue weighted by atomic mass is 10.2. The number of benzene rings is 1. The second-order valence-corrected chi connectivity index (χ2v) is 3.97. The summed E-state index contributed by atoms with van der Waals surface area (Å²) in [5, 5.41) is 12.3. The van der Waals surface area contributed by atoms with Crippen LogP contribution in [0.4, 0.5) is 4.39 Å². The van der Waals surface area contributed by atoms with Crippen molar-refractivity contribution in [2.45, 2.75) is 26.0 Å². The number of nitrogens with one attached hydrogen (secondary N) is 1. The molecule has 0 aromatic heterocycles. The van der Waals surface area contributed by atoms with Crippen molar-refractivity contribution >= 4 is 11.6 Å². The summed E-state index contributed by atoms with van der Waals surface area (Å²) in [6.45, 7) is 3.11. The van der Waals surface area contributed by atoms with Crippen LogP contribution < -0.4 is 5.32 Å². The Morgan fingerprint density at radius 2 is 2.27 bits per heavy atom. The standard InChI is InChI=1S/C11H15ClFNO/c1-8(15)4-5-14-7-9-2-3-11(13)10(12)6-9/h2-3,6,8,14-15H,4-5,7H2,1H3/t8-/m1/s1. The number of rotatable bonds is 5. The summed E-state index contributed by atoms with van der Waals surface area (Å²) < 4.78 is 12.8. The molecule has 0 aliphatic heterocycles. The van der Waals surface area contributed by atoms with Crippen molar-refractivity contribution in [2.75, 3.05) is 6.54 Å². The van der Waals surface area contributed by atoms with Gasteiger partial charge in [0.25, 0.3) is 0 Å². The van der Waals surface area contributed by atoms with Gasteiger partial charge in [-0.05, 0) is 37.6 Å². The quantitative estimate of drug-likeness (QED) is 0.763. The van der Waals surface area contributed by atoms with Crippen LogP contribution in [-0.4, -0.2) is 17.8 Å². The minimum absolute atomic E-state index is 0.143. The fraction of sp³-hybridized carbons (Fsp3) is 0.455. The molecule has 2 N–H and O–H groups in total. The smallest absolute Gasteiger partial charge is 0.141 e. The van der Waals surface area contributed by atoms with Gasteiger partial charge in [-0.1, -0.05) is 17.7 Å². The molecule has 15 heavy (non-hydrogen) atoms. The van der Waals surface area contributed by atoms with Gasteiger partial charge in [-0.3, -0.25) is 0 Å². The van der Waals surface area contributed by atoms with Crippen LogP contribution in [0.3, 0.4) is 0 Å². The topological polar surface area (TPSA) is 32.3 Å². The van der Waals surface area contributed by atoms with Gasteiger partial charge in [-0.25, -0.2) is 4.39 Å². The van der Waals surface area contributed by atoms with E-state index in [0.29, 0.717) is 13.0 Å². The average molecular weight is 232 g/mol. The molecule has 0 unspecified atom stereocenters. The zero-order chi connectivity index (χ0) is 11.3. The van der Waals surface area contributed by atoms with Crippen molar-refractivity contribution in [3.05, 3.63) is 34.6 Å². The maximum Gasteiger partial charge on any atom is 0.141 e. The number of hydrogen-bond acceptors (Lipinski definition) is 2. The largest absolute Gasteiger partial charge is 0.393 e. The first-order valence-electron chi connectivity index (χ1n) is 4.92. The molecular weight excluding hydrogens is 217 g/mol. The molecular formula is C11H15ClFNO. The number of halogens is 2. The molecule has 0 saturated carbocycles. The molecule has 84 valence electrons. The Kier molecular flexibility index (Phi) is 5.02. The maximum atomic E-state index is 12.8. The van der Waals surface area contributed by atoms with Crippen LogP contribution >= 0.6 is 11.6 Å². The molecule has 1 aromatic carbocycles. The first-order valence-corrected chi connectivity index (χ1v) is 5.30. The van der Waals surface area contributed by atoms with Crippen LogP contribution in [0, 0.1) is 5.82 Å². The van der Waals surface area contributed by atoms with E-state index in [-0.39, 0.29) is 11.1 Å². The molecule has 0 aliphatic carbocycles. The molecule has 2 nitrogen and oxygen atoms in total. The fourth-order valence-corrected chi connectivity index (χ4v) is 1.40. The van der Waals surface area contributed by atoms with Crippen molar-refractivity contribution in [3.8, 4) is 0 Å². The molecule has 0 spiro atoms. The fourth-order valence-electron chi connectivity index (χ4n) is 1.19. The highest BCUT2D eigenvalue weighted by Crippen LogP contribution is 2.15. The predicted molar refractivity (Wildman–Crippen MR) is 59.4 cm³/mol. The van der Waals surface area contributed by atoms with Crippen LogP contribution in [0.5, 0.6) is 0 Å². The SMILES string of the molecule is C[C@@H](O)CCNCc1ccc(F)c(Cl)c1. The third kappa shape index (κ3) is 4.60. The molecule has 0 bridgehead atoms. The average Bonchev–Trinajstić information content (AvgIpc) is 2.18. The van der Waals surface area contributed by atoms with Gasteiger partial charge in [-0.15, -0.1) is 0 Å². The van der Waals surface area contributed by atoms with E-state index in [0.717, 1.165) is 12.1 Å². The molecule has 0 amide bonds. The zero-order valence-electron chi connectivity index (χ0n) is 8.63. The third-order valence-corrected chi connectivity index (χ3v) is 2.34. The number of aliphatic hydroxyl groups excluding tert-OH is 1. The Balaban J connectivity index is 2.35. The van der Waals surface area contributed by atoms with Crippen LogP contribution in [0.15, 0.2) is 18.2 Å². The van der Waals surface area contributed by atoms with Crippen molar-refractivity contribution in [2.24, 2.45) is 0 Å². The van der Waals surface area contributed by atoms with Gasteiger partial charge in [-0.2, -0.15) is 0 Å². The van der Waals surface area contributed by atoms with Crippen LogP contribution in [-0.2, 0) is 6.54 Å². The van der Waals surface area contributed by atoms with Gasteiger partial charge in [0.15, 0.2) is 0 Å². The number of aliphatic hydroxyl groups is 1. The van der Waals surface area contributed by atoms with E-state index in [1.165, 1.54) is 6.07 Å². The molecule has 1 atom stereocenters. The highest BCUT2D eigenvalue weighted by molar-refractivity contribution is 6.30. The summed E-state index contributed by atoms with van der Waals surface area (Å²) in [5.74, 6) is -0.399. The Morgan fingerprint density at radius 1 is 1.53 bits per heavy atom. The monoisotopic (exact) mass is 231 g/mol. The lowest BCUT2D eigenvalue weighted by molar-refractivity contribution is 0.183. The molecule has 1 rings (SSSR count). The second-order valence-electron chi connectivity index (χ2n) is 3.56. The minimum atomic E-state index is -0.399. The Hall–Kier alpha value is -0.640. The van der Waals surface area contributed by atoms with Gasteiger partial charge in [0.05, 0.1) is 11.1 Å². The lowest BCUT2D eigenvalue weighted by Gasteiger charge is -2.07. The van der Waals surface area contributed by atoms with Gasteiger partial charge >= 0.3 is 0 Å². The van der Waals surface area contributed by atoms with E-state index in [4.69, 9.17) is 16.7 Å². The summed E-state index contributed by atoms with van der Waals surface area (Å²) in [6.07, 6.45) is 0.406. The molecule has 0 radical (unpaired) electrons. The molecule has 1 aromatic rings. The van der Waals surface area contributed by atoms with Gasteiger partial charge in [0.1, 0.15) is 5.82 Å². The van der Waals surface area contributed by atoms with E-state index in [1.807, 2.05) is 0 Å².